The Morgan fingerprint density at radius 3 is 2.26 bits per heavy atom. The van der Waals surface area contributed by atoms with Crippen LogP contribution >= 0.6 is 23.2 Å². The van der Waals surface area contributed by atoms with E-state index < -0.39 is 5.91 Å². The van der Waals surface area contributed by atoms with E-state index in [1.807, 2.05) is 12.2 Å². The van der Waals surface area contributed by atoms with Gasteiger partial charge in [-0.3, -0.25) is 14.4 Å². The molecule has 1 heterocycles. The summed E-state index contributed by atoms with van der Waals surface area (Å²) >= 11 is 12.2. The van der Waals surface area contributed by atoms with Crippen molar-refractivity contribution in [2.45, 2.75) is 6.42 Å². The fraction of sp³-hybridized carbons (Fsp3) is 0.333. The number of hydrazone groups is 1. The third kappa shape index (κ3) is 3.00. The predicted octanol–water partition coefficient (Wildman–Crippen LogP) is 2.00. The molecule has 140 valence electrons. The Morgan fingerprint density at radius 1 is 1.19 bits per heavy atom. The quantitative estimate of drug-likeness (QED) is 0.457. The largest absolute Gasteiger partial charge is 0.481 e. The van der Waals surface area contributed by atoms with Crippen LogP contribution in [0.15, 0.2) is 29.4 Å². The number of nitrogens with zero attached hydrogens (tertiary/aromatic N) is 2. The predicted molar refractivity (Wildman–Crippen MR) is 98.3 cm³/mol. The summed E-state index contributed by atoms with van der Waals surface area (Å²) in [5.41, 5.74) is 5.51. The number of amides is 3. The van der Waals surface area contributed by atoms with Crippen LogP contribution in [0, 0.1) is 23.7 Å². The minimum atomic E-state index is -0.659. The lowest BCUT2D eigenvalue weighted by atomic mass is 9.85. The zero-order chi connectivity index (χ0) is 19.3. The van der Waals surface area contributed by atoms with Crippen LogP contribution in [0.3, 0.4) is 0 Å². The van der Waals surface area contributed by atoms with E-state index in [4.69, 9.17) is 33.7 Å². The van der Waals surface area contributed by atoms with Crippen LogP contribution < -0.4 is 10.5 Å². The number of carbonyl (C=O) groups excluding carboxylic acids is 3. The average molecular weight is 408 g/mol. The van der Waals surface area contributed by atoms with Crippen molar-refractivity contribution in [2.75, 3.05) is 6.61 Å². The Labute approximate surface area is 164 Å². The van der Waals surface area contributed by atoms with Crippen molar-refractivity contribution in [1.82, 2.24) is 5.01 Å². The van der Waals surface area contributed by atoms with Gasteiger partial charge in [0.15, 0.2) is 12.4 Å². The lowest BCUT2D eigenvalue weighted by Gasteiger charge is -2.13. The zero-order valence-electron chi connectivity index (χ0n) is 14.0. The van der Waals surface area contributed by atoms with Gasteiger partial charge in [-0.2, -0.15) is 10.1 Å². The highest BCUT2D eigenvalue weighted by Gasteiger charge is 2.59. The molecule has 4 atom stereocenters. The number of allylic oxidation sites excluding steroid dienone is 2. The summed E-state index contributed by atoms with van der Waals surface area (Å²) < 4.78 is 5.17. The summed E-state index contributed by atoms with van der Waals surface area (Å²) in [6.07, 6.45) is 6.26. The number of fused-ring (bicyclic) bond motifs is 5. The summed E-state index contributed by atoms with van der Waals surface area (Å²) in [5.74, 6) is -1.42. The van der Waals surface area contributed by atoms with Crippen molar-refractivity contribution < 1.29 is 19.1 Å². The van der Waals surface area contributed by atoms with Crippen LogP contribution in [0.25, 0.3) is 0 Å². The van der Waals surface area contributed by atoms with Gasteiger partial charge in [0, 0.05) is 0 Å². The van der Waals surface area contributed by atoms with Gasteiger partial charge in [-0.05, 0) is 36.0 Å². The van der Waals surface area contributed by atoms with Gasteiger partial charge in [-0.25, -0.2) is 0 Å². The molecule has 1 saturated heterocycles. The first-order valence-electron chi connectivity index (χ1n) is 8.37. The molecule has 3 aliphatic rings. The Bertz CT molecular complexity index is 861. The molecule has 0 unspecified atom stereocenters. The van der Waals surface area contributed by atoms with Gasteiger partial charge in [-0.15, -0.1) is 0 Å². The number of rotatable bonds is 5. The normalized spacial score (nSPS) is 28.4. The van der Waals surface area contributed by atoms with Gasteiger partial charge in [-0.1, -0.05) is 35.4 Å². The summed E-state index contributed by atoms with van der Waals surface area (Å²) in [4.78, 5) is 36.0. The fourth-order valence-electron chi connectivity index (χ4n) is 4.06. The average Bonchev–Trinajstić information content (AvgIpc) is 3.27. The van der Waals surface area contributed by atoms with Gasteiger partial charge < -0.3 is 10.5 Å². The molecule has 3 amide bonds. The van der Waals surface area contributed by atoms with E-state index >= 15 is 0 Å². The third-order valence-corrected chi connectivity index (χ3v) is 5.71. The summed E-state index contributed by atoms with van der Waals surface area (Å²) in [6, 6.07) is 3.01. The lowest BCUT2D eigenvalue weighted by molar-refractivity contribution is -0.140. The van der Waals surface area contributed by atoms with Crippen LogP contribution in [0.5, 0.6) is 5.75 Å². The minimum Gasteiger partial charge on any atom is -0.481 e. The smallest absolute Gasteiger partial charge is 0.255 e. The number of nitrogens with two attached hydrogens (primary N) is 1. The molecular weight excluding hydrogens is 393 g/mol. The lowest BCUT2D eigenvalue weighted by Crippen LogP contribution is -2.28. The maximum absolute atomic E-state index is 12.6. The Morgan fingerprint density at radius 2 is 1.74 bits per heavy atom. The molecule has 2 N–H and O–H groups in total. The molecule has 0 radical (unpaired) electrons. The number of primary amides is 1. The molecule has 1 saturated carbocycles. The monoisotopic (exact) mass is 407 g/mol. The Hall–Kier alpha value is -2.38. The third-order valence-electron chi connectivity index (χ3n) is 5.15. The second kappa shape index (κ2) is 6.65. The standard InChI is InChI=1S/C18H15Cl2N3O4/c19-11-3-8(4-12(20)16(11)27-7-13(21)24)6-22-23-17(25)14-9-1-2-10(5-9)15(14)18(23)26/h1-4,6,9-10,14-15H,5,7H2,(H2,21,24)/t9-,10-,14-,15+/m0/s1. The Balaban J connectivity index is 1.53. The van der Waals surface area contributed by atoms with E-state index in [9.17, 15) is 14.4 Å². The molecule has 2 fully saturated rings. The van der Waals surface area contributed by atoms with Gasteiger partial charge in [0.05, 0.1) is 28.1 Å². The molecule has 1 aliphatic heterocycles. The maximum Gasteiger partial charge on any atom is 0.255 e. The highest BCUT2D eigenvalue weighted by atomic mass is 35.5. The molecule has 7 nitrogen and oxygen atoms in total. The van der Waals surface area contributed by atoms with E-state index in [1.54, 1.807) is 0 Å². The summed E-state index contributed by atoms with van der Waals surface area (Å²) in [5, 5.41) is 5.33. The van der Waals surface area contributed by atoms with Crippen molar-refractivity contribution in [3.63, 3.8) is 0 Å². The molecular formula is C18H15Cl2N3O4. The van der Waals surface area contributed by atoms with E-state index in [1.165, 1.54) is 18.3 Å². The van der Waals surface area contributed by atoms with Crippen LogP contribution in [0.1, 0.15) is 12.0 Å². The second-order valence-corrected chi connectivity index (χ2v) is 7.62. The van der Waals surface area contributed by atoms with Crippen molar-refractivity contribution in [2.24, 2.45) is 34.5 Å². The number of benzene rings is 1. The summed E-state index contributed by atoms with van der Waals surface area (Å²) in [6.45, 7) is -0.358. The molecule has 0 aromatic heterocycles. The second-order valence-electron chi connectivity index (χ2n) is 6.80. The number of hydrogen-bond acceptors (Lipinski definition) is 5. The molecule has 1 aromatic rings. The van der Waals surface area contributed by atoms with Crippen molar-refractivity contribution in [1.29, 1.82) is 0 Å². The van der Waals surface area contributed by atoms with E-state index in [0.717, 1.165) is 11.4 Å². The molecule has 9 heteroatoms. The number of halogens is 2. The van der Waals surface area contributed by atoms with Gasteiger partial charge >= 0.3 is 0 Å². The molecule has 27 heavy (non-hydrogen) atoms. The molecule has 2 aliphatic carbocycles. The first-order chi connectivity index (χ1) is 12.9. The highest BCUT2D eigenvalue weighted by Crippen LogP contribution is 2.52. The van der Waals surface area contributed by atoms with Crippen LogP contribution in [0.2, 0.25) is 10.0 Å². The topological polar surface area (TPSA) is 102 Å². The molecule has 1 aromatic carbocycles. The van der Waals surface area contributed by atoms with Crippen molar-refractivity contribution >= 4 is 47.1 Å². The van der Waals surface area contributed by atoms with Gasteiger partial charge in [0.2, 0.25) is 0 Å². The Kier molecular flexibility index (Phi) is 4.44. The van der Waals surface area contributed by atoms with Crippen molar-refractivity contribution in [3.05, 3.63) is 39.9 Å². The summed E-state index contributed by atoms with van der Waals surface area (Å²) in [7, 11) is 0. The maximum atomic E-state index is 12.6. The number of imide groups is 1. The SMILES string of the molecule is NC(=O)COc1c(Cl)cc(C=NN2C(=O)[C@@H]3[C@H](C2=O)[C@H]2C=C[C@H]3C2)cc1Cl. The number of hydrogen-bond donors (Lipinski definition) is 1. The van der Waals surface area contributed by atoms with Crippen LogP contribution in [0.4, 0.5) is 0 Å². The first kappa shape index (κ1) is 18.0. The molecule has 0 spiro atoms. The zero-order valence-corrected chi connectivity index (χ0v) is 15.5. The first-order valence-corrected chi connectivity index (χ1v) is 9.12. The molecule has 2 bridgehead atoms. The minimum absolute atomic E-state index is 0.125. The van der Waals surface area contributed by atoms with E-state index in [-0.39, 0.29) is 57.9 Å². The van der Waals surface area contributed by atoms with Crippen LogP contribution in [-0.2, 0) is 14.4 Å². The van der Waals surface area contributed by atoms with Gasteiger partial charge in [0.1, 0.15) is 0 Å². The highest BCUT2D eigenvalue weighted by molar-refractivity contribution is 6.37. The fourth-order valence-corrected chi connectivity index (χ4v) is 4.67. The van der Waals surface area contributed by atoms with E-state index in [2.05, 4.69) is 5.10 Å². The number of carbonyl (C=O) groups is 3. The number of ether oxygens (including phenoxy) is 1. The van der Waals surface area contributed by atoms with E-state index in [0.29, 0.717) is 5.56 Å². The van der Waals surface area contributed by atoms with Crippen molar-refractivity contribution in [3.8, 4) is 5.75 Å². The molecule has 4 rings (SSSR count). The van der Waals surface area contributed by atoms with Crippen LogP contribution in [-0.4, -0.2) is 35.6 Å². The van der Waals surface area contributed by atoms with Gasteiger partial charge in [0.25, 0.3) is 17.7 Å².